The smallest absolute Gasteiger partial charge is 0.206 e. The summed E-state index contributed by atoms with van der Waals surface area (Å²) in [6.45, 7) is 1.96. The Labute approximate surface area is 116 Å². The molecule has 5 nitrogen and oxygen atoms in total. The zero-order valence-electron chi connectivity index (χ0n) is 10.7. The molecule has 3 N–H and O–H groups in total. The van der Waals surface area contributed by atoms with E-state index < -0.39 is 27.1 Å². The quantitative estimate of drug-likeness (QED) is 0.754. The highest BCUT2D eigenvalue weighted by molar-refractivity contribution is 7.91. The van der Waals surface area contributed by atoms with Crippen LogP contribution in [0.2, 0.25) is 0 Å². The molecule has 0 bridgehead atoms. The van der Waals surface area contributed by atoms with Crippen LogP contribution in [0.4, 0.5) is 0 Å². The molecule has 2 aromatic carbocycles. The Morgan fingerprint density at radius 1 is 0.900 bits per heavy atom. The topological polar surface area (TPSA) is 94.8 Å². The van der Waals surface area contributed by atoms with Gasteiger partial charge in [-0.3, -0.25) is 0 Å². The Balaban J connectivity index is 2.54. The Morgan fingerprint density at radius 3 is 1.85 bits per heavy atom. The summed E-state index contributed by atoms with van der Waals surface area (Å²) in [5.41, 5.74) is 1.00. The van der Waals surface area contributed by atoms with E-state index in [0.29, 0.717) is 0 Å². The molecule has 106 valence electrons. The van der Waals surface area contributed by atoms with Gasteiger partial charge >= 0.3 is 0 Å². The normalized spacial score (nSPS) is 11.4. The van der Waals surface area contributed by atoms with Gasteiger partial charge in [-0.1, -0.05) is 19.1 Å². The van der Waals surface area contributed by atoms with Gasteiger partial charge in [-0.25, -0.2) is 8.42 Å². The van der Waals surface area contributed by atoms with E-state index in [1.807, 2.05) is 6.92 Å². The van der Waals surface area contributed by atoms with Gasteiger partial charge in [0.2, 0.25) is 9.84 Å². The fourth-order valence-electron chi connectivity index (χ4n) is 1.77. The van der Waals surface area contributed by atoms with Crippen molar-refractivity contribution in [2.75, 3.05) is 0 Å². The number of phenols is 3. The standard InChI is InChI=1S/C14H14O5S/c1-2-9-3-5-10(6-4-9)20(18,19)11-7-12(15)14(17)13(16)8-11/h3-8,15-17H,2H2,1H3. The minimum atomic E-state index is -3.86. The number of phenolic OH excluding ortho intramolecular Hbond substituents is 3. The Morgan fingerprint density at radius 2 is 1.40 bits per heavy atom. The average Bonchev–Trinajstić information content (AvgIpc) is 2.44. The van der Waals surface area contributed by atoms with Crippen LogP contribution in [0.5, 0.6) is 17.2 Å². The number of sulfone groups is 1. The van der Waals surface area contributed by atoms with Crippen molar-refractivity contribution in [3.05, 3.63) is 42.0 Å². The lowest BCUT2D eigenvalue weighted by atomic mass is 10.2. The second-order valence-electron chi connectivity index (χ2n) is 4.31. The third kappa shape index (κ3) is 2.42. The molecule has 0 saturated carbocycles. The summed E-state index contributed by atoms with van der Waals surface area (Å²) in [5, 5.41) is 28.0. The first-order valence-corrected chi connectivity index (χ1v) is 7.43. The molecule has 0 saturated heterocycles. The van der Waals surface area contributed by atoms with E-state index in [2.05, 4.69) is 0 Å². The molecule has 0 atom stereocenters. The van der Waals surface area contributed by atoms with E-state index in [1.54, 1.807) is 12.1 Å². The Hall–Kier alpha value is -2.21. The first-order chi connectivity index (χ1) is 9.36. The van der Waals surface area contributed by atoms with Gasteiger partial charge in [0, 0.05) is 12.1 Å². The SMILES string of the molecule is CCc1ccc(S(=O)(=O)c2cc(O)c(O)c(O)c2)cc1. The van der Waals surface area contributed by atoms with Gasteiger partial charge in [-0.05, 0) is 24.1 Å². The lowest BCUT2D eigenvalue weighted by Crippen LogP contribution is -2.02. The van der Waals surface area contributed by atoms with Gasteiger partial charge in [-0.2, -0.15) is 0 Å². The molecule has 0 aromatic heterocycles. The van der Waals surface area contributed by atoms with Crippen LogP contribution in [-0.4, -0.2) is 23.7 Å². The third-order valence-corrected chi connectivity index (χ3v) is 4.74. The van der Waals surface area contributed by atoms with Gasteiger partial charge in [0.25, 0.3) is 0 Å². The lowest BCUT2D eigenvalue weighted by molar-refractivity contribution is 0.366. The summed E-state index contributed by atoms with van der Waals surface area (Å²) in [7, 11) is -3.86. The first-order valence-electron chi connectivity index (χ1n) is 5.95. The summed E-state index contributed by atoms with van der Waals surface area (Å²) in [4.78, 5) is -0.228. The molecule has 0 heterocycles. The molecule has 0 spiro atoms. The molecule has 0 aliphatic carbocycles. The van der Waals surface area contributed by atoms with Crippen LogP contribution in [0.1, 0.15) is 12.5 Å². The van der Waals surface area contributed by atoms with Crippen LogP contribution >= 0.6 is 0 Å². The van der Waals surface area contributed by atoms with Crippen LogP contribution in [0.15, 0.2) is 46.2 Å². The van der Waals surface area contributed by atoms with Crippen LogP contribution in [0, 0.1) is 0 Å². The zero-order chi connectivity index (χ0) is 14.9. The van der Waals surface area contributed by atoms with Gasteiger partial charge < -0.3 is 15.3 Å². The number of hydrogen-bond acceptors (Lipinski definition) is 5. The highest BCUT2D eigenvalue weighted by Crippen LogP contribution is 2.38. The van der Waals surface area contributed by atoms with E-state index in [-0.39, 0.29) is 9.79 Å². The predicted octanol–water partition coefficient (Wildman–Crippen LogP) is 2.20. The molecule has 0 aliphatic rings. The summed E-state index contributed by atoms with van der Waals surface area (Å²) < 4.78 is 24.7. The van der Waals surface area contributed by atoms with Gasteiger partial charge in [-0.15, -0.1) is 0 Å². The Bertz CT molecular complexity index is 710. The minimum absolute atomic E-state index is 0.0548. The monoisotopic (exact) mass is 294 g/mol. The number of hydrogen-bond donors (Lipinski definition) is 3. The molecule has 0 radical (unpaired) electrons. The van der Waals surface area contributed by atoms with Crippen molar-refractivity contribution >= 4 is 9.84 Å². The molecule has 0 amide bonds. The molecular formula is C14H14O5S. The predicted molar refractivity (Wildman–Crippen MR) is 72.7 cm³/mol. The minimum Gasteiger partial charge on any atom is -0.504 e. The summed E-state index contributed by atoms with van der Waals surface area (Å²) in [5.74, 6) is -2.12. The van der Waals surface area contributed by atoms with Crippen LogP contribution in [0.3, 0.4) is 0 Å². The fourth-order valence-corrected chi connectivity index (χ4v) is 3.07. The van der Waals surface area contributed by atoms with Crippen molar-refractivity contribution in [2.24, 2.45) is 0 Å². The van der Waals surface area contributed by atoms with Crippen molar-refractivity contribution in [1.82, 2.24) is 0 Å². The maximum atomic E-state index is 12.3. The molecule has 2 rings (SSSR count). The first kappa shape index (κ1) is 14.2. The molecule has 0 unspecified atom stereocenters. The molecule has 0 aliphatic heterocycles. The summed E-state index contributed by atoms with van der Waals surface area (Å²) >= 11 is 0. The van der Waals surface area contributed by atoms with Crippen molar-refractivity contribution in [1.29, 1.82) is 0 Å². The molecular weight excluding hydrogens is 280 g/mol. The van der Waals surface area contributed by atoms with E-state index in [4.69, 9.17) is 0 Å². The highest BCUT2D eigenvalue weighted by atomic mass is 32.2. The Kier molecular flexibility index (Phi) is 3.59. The van der Waals surface area contributed by atoms with E-state index in [1.165, 1.54) is 12.1 Å². The second kappa shape index (κ2) is 5.05. The van der Waals surface area contributed by atoms with Crippen molar-refractivity contribution in [3.8, 4) is 17.2 Å². The van der Waals surface area contributed by atoms with Crippen LogP contribution in [-0.2, 0) is 16.3 Å². The van der Waals surface area contributed by atoms with Gasteiger partial charge in [0.1, 0.15) is 0 Å². The van der Waals surface area contributed by atoms with Crippen molar-refractivity contribution < 1.29 is 23.7 Å². The maximum absolute atomic E-state index is 12.3. The second-order valence-corrected chi connectivity index (χ2v) is 6.26. The number of benzene rings is 2. The highest BCUT2D eigenvalue weighted by Gasteiger charge is 2.21. The number of aromatic hydroxyl groups is 3. The van der Waals surface area contributed by atoms with Crippen LogP contribution in [0.25, 0.3) is 0 Å². The largest absolute Gasteiger partial charge is 0.504 e. The lowest BCUT2D eigenvalue weighted by Gasteiger charge is -2.08. The van der Waals surface area contributed by atoms with Crippen molar-refractivity contribution in [3.63, 3.8) is 0 Å². The maximum Gasteiger partial charge on any atom is 0.206 e. The fraction of sp³-hybridized carbons (Fsp3) is 0.143. The molecule has 6 heteroatoms. The van der Waals surface area contributed by atoms with E-state index >= 15 is 0 Å². The van der Waals surface area contributed by atoms with Gasteiger partial charge in [0.15, 0.2) is 17.2 Å². The molecule has 2 aromatic rings. The molecule has 0 fully saturated rings. The van der Waals surface area contributed by atoms with Crippen molar-refractivity contribution in [2.45, 2.75) is 23.1 Å². The van der Waals surface area contributed by atoms with Gasteiger partial charge in [0.05, 0.1) is 9.79 Å². The van der Waals surface area contributed by atoms with E-state index in [0.717, 1.165) is 24.1 Å². The summed E-state index contributed by atoms with van der Waals surface area (Å²) in [6.07, 6.45) is 0.793. The number of aryl methyl sites for hydroxylation is 1. The number of rotatable bonds is 3. The zero-order valence-corrected chi connectivity index (χ0v) is 11.6. The van der Waals surface area contributed by atoms with Crippen LogP contribution < -0.4 is 0 Å². The third-order valence-electron chi connectivity index (χ3n) is 3.00. The summed E-state index contributed by atoms with van der Waals surface area (Å²) in [6, 6.07) is 8.14. The van der Waals surface area contributed by atoms with E-state index in [9.17, 15) is 23.7 Å². The average molecular weight is 294 g/mol. The molecule has 20 heavy (non-hydrogen) atoms.